The second-order valence-corrected chi connectivity index (χ2v) is 9.56. The fraction of sp³-hybridized carbons (Fsp3) is 0.346. The van der Waals surface area contributed by atoms with Crippen molar-refractivity contribution in [3.05, 3.63) is 86.5 Å². The molecule has 0 unspecified atom stereocenters. The molecule has 0 radical (unpaired) electrons. The van der Waals surface area contributed by atoms with E-state index in [0.717, 1.165) is 17.1 Å². The number of anilines is 1. The Kier molecular flexibility index (Phi) is 7.39. The topological polar surface area (TPSA) is 49.3 Å². The molecule has 0 N–H and O–H groups in total. The molecule has 0 spiro atoms. The Balaban J connectivity index is 1.63. The van der Waals surface area contributed by atoms with Crippen LogP contribution in [0.25, 0.3) is 0 Å². The molecule has 2 heterocycles. The van der Waals surface area contributed by atoms with Crippen molar-refractivity contribution in [2.45, 2.75) is 33.1 Å². The number of piperazine rings is 1. The number of aromatic nitrogens is 2. The van der Waals surface area contributed by atoms with Crippen molar-refractivity contribution >= 4 is 34.9 Å². The predicted octanol–water partition coefficient (Wildman–Crippen LogP) is 5.91. The molecule has 1 aliphatic rings. The average Bonchev–Trinajstić information content (AvgIpc) is 2.82. The third-order valence-corrected chi connectivity index (χ3v) is 6.75. The predicted molar refractivity (Wildman–Crippen MR) is 135 cm³/mol. The van der Waals surface area contributed by atoms with Crippen LogP contribution in [0, 0.1) is 12.7 Å². The lowest BCUT2D eigenvalue weighted by molar-refractivity contribution is 0.0746. The number of hydrogen-bond acceptors (Lipinski definition) is 4. The Morgan fingerprint density at radius 2 is 1.65 bits per heavy atom. The highest BCUT2D eigenvalue weighted by molar-refractivity contribution is 6.33. The molecule has 1 aromatic heterocycles. The molecule has 8 heteroatoms. The second-order valence-electron chi connectivity index (χ2n) is 8.75. The van der Waals surface area contributed by atoms with E-state index in [2.05, 4.69) is 18.7 Å². The smallest absolute Gasteiger partial charge is 0.255 e. The first-order chi connectivity index (χ1) is 16.3. The van der Waals surface area contributed by atoms with Gasteiger partial charge in [0.25, 0.3) is 5.91 Å². The van der Waals surface area contributed by atoms with E-state index in [9.17, 15) is 9.18 Å². The molecular formula is C26H27Cl2FN4O. The Morgan fingerprint density at radius 3 is 2.29 bits per heavy atom. The third-order valence-electron chi connectivity index (χ3n) is 6.06. The zero-order valence-corrected chi connectivity index (χ0v) is 21.0. The maximum Gasteiger partial charge on any atom is 0.255 e. The molecule has 0 bridgehead atoms. The van der Waals surface area contributed by atoms with E-state index in [4.69, 9.17) is 33.2 Å². The minimum absolute atomic E-state index is 0.0784. The normalized spacial score (nSPS) is 14.1. The molecule has 3 aromatic rings. The number of aryl methyl sites for hydroxylation is 1. The van der Waals surface area contributed by atoms with E-state index in [1.165, 1.54) is 6.07 Å². The quantitative estimate of drug-likeness (QED) is 0.437. The number of benzene rings is 2. The lowest BCUT2D eigenvalue weighted by atomic mass is 9.97. The first-order valence-corrected chi connectivity index (χ1v) is 12.1. The van der Waals surface area contributed by atoms with Gasteiger partial charge in [0, 0.05) is 48.7 Å². The molecule has 0 atom stereocenters. The summed E-state index contributed by atoms with van der Waals surface area (Å²) in [5, 5.41) is 0.836. The molecule has 178 valence electrons. The van der Waals surface area contributed by atoms with Gasteiger partial charge in [-0.15, -0.1) is 0 Å². The minimum atomic E-state index is -0.344. The molecule has 1 saturated heterocycles. The van der Waals surface area contributed by atoms with E-state index >= 15 is 0 Å². The van der Waals surface area contributed by atoms with Crippen LogP contribution in [0.5, 0.6) is 0 Å². The van der Waals surface area contributed by atoms with E-state index in [-0.39, 0.29) is 17.6 Å². The van der Waals surface area contributed by atoms with Crippen LogP contribution in [0.15, 0.2) is 42.5 Å². The highest BCUT2D eigenvalue weighted by Gasteiger charge is 2.28. The van der Waals surface area contributed by atoms with Crippen LogP contribution >= 0.6 is 23.2 Å². The minimum Gasteiger partial charge on any atom is -0.353 e. The summed E-state index contributed by atoms with van der Waals surface area (Å²) in [6, 6.07) is 11.8. The lowest BCUT2D eigenvalue weighted by Crippen LogP contribution is -2.49. The number of rotatable bonds is 5. The Labute approximate surface area is 209 Å². The van der Waals surface area contributed by atoms with Crippen molar-refractivity contribution in [2.24, 2.45) is 0 Å². The van der Waals surface area contributed by atoms with Crippen LogP contribution in [0.4, 0.5) is 10.2 Å². The first kappa shape index (κ1) is 24.4. The maximum absolute atomic E-state index is 14.7. The van der Waals surface area contributed by atoms with Crippen LogP contribution in [0.1, 0.15) is 52.8 Å². The third kappa shape index (κ3) is 5.03. The molecule has 4 rings (SSSR count). The monoisotopic (exact) mass is 500 g/mol. The van der Waals surface area contributed by atoms with Gasteiger partial charge in [-0.1, -0.05) is 55.2 Å². The summed E-state index contributed by atoms with van der Waals surface area (Å²) < 4.78 is 14.7. The summed E-state index contributed by atoms with van der Waals surface area (Å²) in [6.07, 6.45) is 0.299. The standard InChI is InChI=1S/C26H27Cl2FN4O/c1-16(2)24-20(15-19-22(28)9-6-10-23(19)29)25(31-17(3)30-24)32-11-13-33(14-12-32)26(34)18-7-4-5-8-21(18)27/h4-10,16H,11-15H2,1-3H3. The van der Waals surface area contributed by atoms with Gasteiger partial charge >= 0.3 is 0 Å². The molecular weight excluding hydrogens is 474 g/mol. The molecule has 1 fully saturated rings. The van der Waals surface area contributed by atoms with E-state index in [1.807, 2.05) is 24.0 Å². The molecule has 34 heavy (non-hydrogen) atoms. The second kappa shape index (κ2) is 10.3. The molecule has 1 aliphatic heterocycles. The van der Waals surface area contributed by atoms with Crippen molar-refractivity contribution in [2.75, 3.05) is 31.1 Å². The molecule has 2 aromatic carbocycles. The molecule has 0 saturated carbocycles. The van der Waals surface area contributed by atoms with Gasteiger partial charge in [0.2, 0.25) is 0 Å². The summed E-state index contributed by atoms with van der Waals surface area (Å²) in [6.45, 7) is 8.27. The molecule has 1 amide bonds. The van der Waals surface area contributed by atoms with Gasteiger partial charge in [0.05, 0.1) is 16.3 Å². The lowest BCUT2D eigenvalue weighted by Gasteiger charge is -2.37. The average molecular weight is 501 g/mol. The van der Waals surface area contributed by atoms with Crippen molar-refractivity contribution in [3.8, 4) is 0 Å². The largest absolute Gasteiger partial charge is 0.353 e. The SMILES string of the molecule is Cc1nc(C(C)C)c(Cc2c(F)cccc2Cl)c(N2CCN(C(=O)c3ccccc3Cl)CC2)n1. The van der Waals surface area contributed by atoms with Crippen LogP contribution in [-0.2, 0) is 6.42 Å². The fourth-order valence-electron chi connectivity index (χ4n) is 4.32. The van der Waals surface area contributed by atoms with Crippen LogP contribution in [-0.4, -0.2) is 47.0 Å². The summed E-state index contributed by atoms with van der Waals surface area (Å²) in [4.78, 5) is 26.4. The number of carbonyl (C=O) groups excluding carboxylic acids is 1. The van der Waals surface area contributed by atoms with E-state index < -0.39 is 0 Å². The summed E-state index contributed by atoms with van der Waals surface area (Å²) in [7, 11) is 0. The Hall–Kier alpha value is -2.70. The maximum atomic E-state index is 14.7. The molecule has 5 nitrogen and oxygen atoms in total. The van der Waals surface area contributed by atoms with Gasteiger partial charge in [0.1, 0.15) is 17.5 Å². The molecule has 0 aliphatic carbocycles. The number of halogens is 3. The Bertz CT molecular complexity index is 1190. The van der Waals surface area contributed by atoms with Gasteiger partial charge in [-0.2, -0.15) is 0 Å². The van der Waals surface area contributed by atoms with E-state index in [0.29, 0.717) is 59.6 Å². The summed E-state index contributed by atoms with van der Waals surface area (Å²) in [5.74, 6) is 1.15. The zero-order valence-electron chi connectivity index (χ0n) is 19.5. The zero-order chi connectivity index (χ0) is 24.4. The number of nitrogens with zero attached hydrogens (tertiary/aromatic N) is 4. The number of carbonyl (C=O) groups is 1. The van der Waals surface area contributed by atoms with Crippen molar-refractivity contribution < 1.29 is 9.18 Å². The Morgan fingerprint density at radius 1 is 0.971 bits per heavy atom. The fourth-order valence-corrected chi connectivity index (χ4v) is 4.76. The van der Waals surface area contributed by atoms with Gasteiger partial charge in [-0.25, -0.2) is 14.4 Å². The van der Waals surface area contributed by atoms with Crippen molar-refractivity contribution in [3.63, 3.8) is 0 Å². The summed E-state index contributed by atoms with van der Waals surface area (Å²) in [5.41, 5.74) is 2.70. The van der Waals surface area contributed by atoms with Crippen LogP contribution in [0.3, 0.4) is 0 Å². The van der Waals surface area contributed by atoms with Gasteiger partial charge in [0.15, 0.2) is 0 Å². The number of amides is 1. The van der Waals surface area contributed by atoms with Crippen LogP contribution < -0.4 is 4.90 Å². The highest BCUT2D eigenvalue weighted by atomic mass is 35.5. The van der Waals surface area contributed by atoms with Crippen molar-refractivity contribution in [1.82, 2.24) is 14.9 Å². The van der Waals surface area contributed by atoms with Gasteiger partial charge in [-0.05, 0) is 37.1 Å². The van der Waals surface area contributed by atoms with Gasteiger partial charge in [-0.3, -0.25) is 4.79 Å². The van der Waals surface area contributed by atoms with Crippen molar-refractivity contribution in [1.29, 1.82) is 0 Å². The number of hydrogen-bond donors (Lipinski definition) is 0. The summed E-state index contributed by atoms with van der Waals surface area (Å²) >= 11 is 12.6. The first-order valence-electron chi connectivity index (χ1n) is 11.3. The van der Waals surface area contributed by atoms with Crippen LogP contribution in [0.2, 0.25) is 10.0 Å². The highest BCUT2D eigenvalue weighted by Crippen LogP contribution is 2.32. The van der Waals surface area contributed by atoms with Gasteiger partial charge < -0.3 is 9.80 Å². The van der Waals surface area contributed by atoms with E-state index in [1.54, 1.807) is 24.3 Å².